The SMILES string of the molecule is O=C(c1ccccc1)c1ccc(C2OCCO2)cc1. The molecule has 0 saturated carbocycles. The molecule has 2 aromatic rings. The number of ether oxygens (including phenoxy) is 2. The summed E-state index contributed by atoms with van der Waals surface area (Å²) in [6.45, 7) is 1.24. The van der Waals surface area contributed by atoms with Crippen molar-refractivity contribution in [2.24, 2.45) is 0 Å². The molecule has 2 aromatic carbocycles. The molecule has 0 radical (unpaired) electrons. The van der Waals surface area contributed by atoms with E-state index in [1.165, 1.54) is 0 Å². The van der Waals surface area contributed by atoms with Crippen LogP contribution in [-0.4, -0.2) is 19.0 Å². The number of ketones is 1. The van der Waals surface area contributed by atoms with Gasteiger partial charge >= 0.3 is 0 Å². The van der Waals surface area contributed by atoms with Crippen molar-refractivity contribution in [2.45, 2.75) is 6.29 Å². The van der Waals surface area contributed by atoms with Crippen LogP contribution in [0.1, 0.15) is 27.8 Å². The molecule has 3 rings (SSSR count). The van der Waals surface area contributed by atoms with E-state index in [1.807, 2.05) is 54.6 Å². The third-order valence-electron chi connectivity index (χ3n) is 3.10. The van der Waals surface area contributed by atoms with Crippen molar-refractivity contribution in [1.29, 1.82) is 0 Å². The second-order valence-electron chi connectivity index (χ2n) is 4.39. The van der Waals surface area contributed by atoms with Crippen molar-refractivity contribution < 1.29 is 14.3 Å². The summed E-state index contributed by atoms with van der Waals surface area (Å²) < 4.78 is 10.8. The molecule has 96 valence electrons. The van der Waals surface area contributed by atoms with E-state index in [1.54, 1.807) is 0 Å². The number of hydrogen-bond donors (Lipinski definition) is 0. The minimum absolute atomic E-state index is 0.0282. The predicted octanol–water partition coefficient (Wildman–Crippen LogP) is 2.96. The molecular weight excluding hydrogens is 240 g/mol. The van der Waals surface area contributed by atoms with E-state index < -0.39 is 0 Å². The summed E-state index contributed by atoms with van der Waals surface area (Å²) in [5.74, 6) is 0.0282. The Hall–Kier alpha value is -1.97. The molecular formula is C16H14O3. The Labute approximate surface area is 111 Å². The highest BCUT2D eigenvalue weighted by molar-refractivity contribution is 6.08. The van der Waals surface area contributed by atoms with Crippen molar-refractivity contribution in [3.05, 3.63) is 71.3 Å². The third-order valence-corrected chi connectivity index (χ3v) is 3.10. The van der Waals surface area contributed by atoms with Crippen molar-refractivity contribution in [3.8, 4) is 0 Å². The molecule has 19 heavy (non-hydrogen) atoms. The van der Waals surface area contributed by atoms with E-state index in [0.717, 1.165) is 5.56 Å². The number of carbonyl (C=O) groups excluding carboxylic acids is 1. The number of carbonyl (C=O) groups is 1. The smallest absolute Gasteiger partial charge is 0.193 e. The van der Waals surface area contributed by atoms with Crippen molar-refractivity contribution >= 4 is 5.78 Å². The van der Waals surface area contributed by atoms with E-state index in [4.69, 9.17) is 9.47 Å². The maximum Gasteiger partial charge on any atom is 0.193 e. The Kier molecular flexibility index (Phi) is 3.40. The molecule has 1 aliphatic heterocycles. The molecule has 1 fully saturated rings. The largest absolute Gasteiger partial charge is 0.346 e. The van der Waals surface area contributed by atoms with E-state index in [0.29, 0.717) is 24.3 Å². The lowest BCUT2D eigenvalue weighted by Crippen LogP contribution is -2.03. The van der Waals surface area contributed by atoms with Crippen LogP contribution in [0.2, 0.25) is 0 Å². The maximum absolute atomic E-state index is 12.2. The number of rotatable bonds is 3. The van der Waals surface area contributed by atoms with Gasteiger partial charge in [0.25, 0.3) is 0 Å². The van der Waals surface area contributed by atoms with Crippen LogP contribution < -0.4 is 0 Å². The highest BCUT2D eigenvalue weighted by Crippen LogP contribution is 2.23. The summed E-state index contributed by atoms with van der Waals surface area (Å²) in [5, 5.41) is 0. The zero-order valence-corrected chi connectivity index (χ0v) is 10.4. The van der Waals surface area contributed by atoms with Gasteiger partial charge in [0.1, 0.15) is 0 Å². The minimum atomic E-state index is -0.291. The van der Waals surface area contributed by atoms with Crippen LogP contribution in [0.15, 0.2) is 54.6 Å². The first-order valence-electron chi connectivity index (χ1n) is 6.27. The second-order valence-corrected chi connectivity index (χ2v) is 4.39. The summed E-state index contributed by atoms with van der Waals surface area (Å²) in [6.07, 6.45) is -0.291. The molecule has 0 N–H and O–H groups in total. The van der Waals surface area contributed by atoms with Gasteiger partial charge in [0.2, 0.25) is 0 Å². The first-order chi connectivity index (χ1) is 9.34. The summed E-state index contributed by atoms with van der Waals surface area (Å²) in [5.41, 5.74) is 2.32. The predicted molar refractivity (Wildman–Crippen MR) is 71.0 cm³/mol. The third kappa shape index (κ3) is 2.57. The van der Waals surface area contributed by atoms with Gasteiger partial charge in [-0.2, -0.15) is 0 Å². The highest BCUT2D eigenvalue weighted by atomic mass is 16.7. The molecule has 3 nitrogen and oxygen atoms in total. The monoisotopic (exact) mass is 254 g/mol. The molecule has 0 unspecified atom stereocenters. The zero-order valence-electron chi connectivity index (χ0n) is 10.4. The first-order valence-corrected chi connectivity index (χ1v) is 6.27. The number of hydrogen-bond acceptors (Lipinski definition) is 3. The van der Waals surface area contributed by atoms with Gasteiger partial charge in [-0.1, -0.05) is 54.6 Å². The van der Waals surface area contributed by atoms with Crippen LogP contribution in [0.4, 0.5) is 0 Å². The van der Waals surface area contributed by atoms with E-state index >= 15 is 0 Å². The fourth-order valence-electron chi connectivity index (χ4n) is 2.10. The van der Waals surface area contributed by atoms with E-state index in [9.17, 15) is 4.79 Å². The lowest BCUT2D eigenvalue weighted by molar-refractivity contribution is -0.0441. The fourth-order valence-corrected chi connectivity index (χ4v) is 2.10. The van der Waals surface area contributed by atoms with Gasteiger partial charge in [-0.3, -0.25) is 4.79 Å². The highest BCUT2D eigenvalue weighted by Gasteiger charge is 2.18. The van der Waals surface area contributed by atoms with Crippen LogP contribution in [-0.2, 0) is 9.47 Å². The quantitative estimate of drug-likeness (QED) is 0.790. The van der Waals surface area contributed by atoms with Crippen molar-refractivity contribution in [3.63, 3.8) is 0 Å². The summed E-state index contributed by atoms with van der Waals surface area (Å²) in [7, 11) is 0. The molecule has 0 aliphatic carbocycles. The molecule has 0 amide bonds. The van der Waals surface area contributed by atoms with Crippen molar-refractivity contribution in [2.75, 3.05) is 13.2 Å². The average Bonchev–Trinajstić information content (AvgIpc) is 3.02. The van der Waals surface area contributed by atoms with E-state index in [2.05, 4.69) is 0 Å². The summed E-state index contributed by atoms with van der Waals surface area (Å²) in [4.78, 5) is 12.2. The maximum atomic E-state index is 12.2. The van der Waals surface area contributed by atoms with Crippen LogP contribution in [0.25, 0.3) is 0 Å². The minimum Gasteiger partial charge on any atom is -0.346 e. The van der Waals surface area contributed by atoms with Crippen LogP contribution in [0, 0.1) is 0 Å². The Morgan fingerprint density at radius 1 is 0.842 bits per heavy atom. The Morgan fingerprint density at radius 2 is 1.42 bits per heavy atom. The molecule has 0 spiro atoms. The lowest BCUT2D eigenvalue weighted by atomic mass is 10.0. The van der Waals surface area contributed by atoms with Gasteiger partial charge in [-0.25, -0.2) is 0 Å². The molecule has 3 heteroatoms. The molecule has 1 aliphatic rings. The molecule has 0 aromatic heterocycles. The topological polar surface area (TPSA) is 35.5 Å². The normalized spacial score (nSPS) is 15.6. The van der Waals surface area contributed by atoms with Crippen LogP contribution in [0.3, 0.4) is 0 Å². The number of benzene rings is 2. The standard InChI is InChI=1S/C16H14O3/c17-15(12-4-2-1-3-5-12)13-6-8-14(9-7-13)16-18-10-11-19-16/h1-9,16H,10-11H2. The van der Waals surface area contributed by atoms with Gasteiger partial charge in [-0.15, -0.1) is 0 Å². The second kappa shape index (κ2) is 5.34. The van der Waals surface area contributed by atoms with Gasteiger partial charge in [0, 0.05) is 16.7 Å². The first kappa shape index (κ1) is 12.1. The Bertz CT molecular complexity index is 554. The van der Waals surface area contributed by atoms with Gasteiger partial charge in [0.15, 0.2) is 12.1 Å². The molecule has 0 bridgehead atoms. The van der Waals surface area contributed by atoms with Gasteiger partial charge in [0.05, 0.1) is 13.2 Å². The molecule has 0 atom stereocenters. The van der Waals surface area contributed by atoms with Crippen LogP contribution >= 0.6 is 0 Å². The van der Waals surface area contributed by atoms with Crippen molar-refractivity contribution in [1.82, 2.24) is 0 Å². The summed E-state index contributed by atoms with van der Waals surface area (Å²) >= 11 is 0. The van der Waals surface area contributed by atoms with E-state index in [-0.39, 0.29) is 12.1 Å². The van der Waals surface area contributed by atoms with Crippen LogP contribution in [0.5, 0.6) is 0 Å². The zero-order chi connectivity index (χ0) is 13.1. The fraction of sp³-hybridized carbons (Fsp3) is 0.188. The van der Waals surface area contributed by atoms with Gasteiger partial charge < -0.3 is 9.47 Å². The van der Waals surface area contributed by atoms with Gasteiger partial charge in [-0.05, 0) is 0 Å². The Morgan fingerprint density at radius 3 is 2.05 bits per heavy atom. The molecule has 1 saturated heterocycles. The average molecular weight is 254 g/mol. The Balaban J connectivity index is 1.80. The molecule has 1 heterocycles. The summed E-state index contributed by atoms with van der Waals surface area (Å²) in [6, 6.07) is 16.7. The lowest BCUT2D eigenvalue weighted by Gasteiger charge is -2.09.